The number of carbonyl (C=O) groups is 1. The van der Waals surface area contributed by atoms with Crippen molar-refractivity contribution in [1.82, 2.24) is 10.2 Å². The highest BCUT2D eigenvalue weighted by atomic mass is 16.4. The molecule has 2 fully saturated rings. The Labute approximate surface area is 115 Å². The highest BCUT2D eigenvalue weighted by Crippen LogP contribution is 2.26. The lowest BCUT2D eigenvalue weighted by molar-refractivity contribution is -0.138. The minimum absolute atomic E-state index is 0.148. The van der Waals surface area contributed by atoms with Gasteiger partial charge in [-0.3, -0.25) is 9.69 Å². The Morgan fingerprint density at radius 2 is 2.05 bits per heavy atom. The quantitative estimate of drug-likeness (QED) is 0.629. The van der Waals surface area contributed by atoms with Crippen LogP contribution in [0.4, 0.5) is 0 Å². The summed E-state index contributed by atoms with van der Waals surface area (Å²) in [6.07, 6.45) is 5.21. The molecule has 0 aromatic carbocycles. The summed E-state index contributed by atoms with van der Waals surface area (Å²) < 4.78 is 0. The van der Waals surface area contributed by atoms with Crippen LogP contribution in [0.2, 0.25) is 0 Å². The van der Waals surface area contributed by atoms with Gasteiger partial charge < -0.3 is 15.5 Å². The lowest BCUT2D eigenvalue weighted by atomic mass is 9.84. The molecule has 0 radical (unpaired) electrons. The third-order valence-corrected chi connectivity index (χ3v) is 4.41. The molecule has 2 atom stereocenters. The van der Waals surface area contributed by atoms with E-state index in [9.17, 15) is 4.79 Å². The second kappa shape index (κ2) is 7.22. The number of nitrogens with zero attached hydrogens (tertiary/aromatic N) is 1. The van der Waals surface area contributed by atoms with E-state index in [1.54, 1.807) is 0 Å². The number of rotatable bonds is 7. The van der Waals surface area contributed by atoms with Crippen molar-refractivity contribution in [3.05, 3.63) is 0 Å². The molecule has 110 valence electrons. The number of carboxylic acids is 1. The van der Waals surface area contributed by atoms with Crippen LogP contribution in [0.1, 0.15) is 32.1 Å². The number of hydrogen-bond acceptors (Lipinski definition) is 4. The van der Waals surface area contributed by atoms with Gasteiger partial charge in [0.25, 0.3) is 0 Å². The predicted molar refractivity (Wildman–Crippen MR) is 73.0 cm³/mol. The fourth-order valence-corrected chi connectivity index (χ4v) is 3.20. The molecule has 0 bridgehead atoms. The Morgan fingerprint density at radius 1 is 1.26 bits per heavy atom. The third kappa shape index (κ3) is 4.75. The third-order valence-electron chi connectivity index (χ3n) is 4.41. The van der Waals surface area contributed by atoms with E-state index in [0.29, 0.717) is 12.6 Å². The van der Waals surface area contributed by atoms with Crippen molar-refractivity contribution in [2.75, 3.05) is 32.8 Å². The molecule has 0 spiro atoms. The molecule has 2 aliphatic rings. The summed E-state index contributed by atoms with van der Waals surface area (Å²) in [7, 11) is 0. The normalized spacial score (nSPS) is 29.1. The molecule has 0 aromatic heterocycles. The van der Waals surface area contributed by atoms with Gasteiger partial charge in [-0.15, -0.1) is 0 Å². The number of likely N-dealkylation sites (tertiary alicyclic amines) is 1. The summed E-state index contributed by atoms with van der Waals surface area (Å²) in [5, 5.41) is 21.6. The maximum Gasteiger partial charge on any atom is 0.303 e. The number of carboxylic acid groups (broad SMARTS) is 1. The summed E-state index contributed by atoms with van der Waals surface area (Å²) in [4.78, 5) is 13.1. The molecule has 3 N–H and O–H groups in total. The Bertz CT molecular complexity index is 294. The first-order valence-electron chi connectivity index (χ1n) is 7.45. The summed E-state index contributed by atoms with van der Waals surface area (Å²) in [6.45, 7) is 3.60. The smallest absolute Gasteiger partial charge is 0.303 e. The molecule has 5 heteroatoms. The van der Waals surface area contributed by atoms with Crippen LogP contribution in [0.3, 0.4) is 0 Å². The minimum Gasteiger partial charge on any atom is -0.481 e. The second-order valence-electron chi connectivity index (χ2n) is 6.08. The first kappa shape index (κ1) is 14.8. The zero-order valence-electron chi connectivity index (χ0n) is 11.6. The van der Waals surface area contributed by atoms with Crippen molar-refractivity contribution in [3.63, 3.8) is 0 Å². The van der Waals surface area contributed by atoms with Gasteiger partial charge >= 0.3 is 5.97 Å². The summed E-state index contributed by atoms with van der Waals surface area (Å²) >= 11 is 0. The molecule has 5 nitrogen and oxygen atoms in total. The monoisotopic (exact) mass is 270 g/mol. The zero-order valence-corrected chi connectivity index (χ0v) is 11.6. The number of hydrogen-bond donors (Lipinski definition) is 3. The van der Waals surface area contributed by atoms with Crippen molar-refractivity contribution in [2.45, 2.75) is 38.1 Å². The molecule has 0 aromatic rings. The van der Waals surface area contributed by atoms with Gasteiger partial charge in [0.1, 0.15) is 0 Å². The largest absolute Gasteiger partial charge is 0.481 e. The van der Waals surface area contributed by atoms with Crippen LogP contribution in [-0.4, -0.2) is 59.9 Å². The summed E-state index contributed by atoms with van der Waals surface area (Å²) in [6, 6.07) is 0.380. The van der Waals surface area contributed by atoms with Crippen LogP contribution in [0.25, 0.3) is 0 Å². The van der Waals surface area contributed by atoms with Gasteiger partial charge in [-0.1, -0.05) is 6.42 Å². The van der Waals surface area contributed by atoms with Crippen LogP contribution < -0.4 is 5.32 Å². The fraction of sp³-hybridized carbons (Fsp3) is 0.929. The number of aliphatic hydroxyl groups is 1. The molecule has 2 rings (SSSR count). The SMILES string of the molecule is O=C(O)CC1CC(NCC2CCC2)CN(CCO)C1. The highest BCUT2D eigenvalue weighted by Gasteiger charge is 2.29. The summed E-state index contributed by atoms with van der Waals surface area (Å²) in [5.74, 6) is 0.316. The van der Waals surface area contributed by atoms with Gasteiger partial charge in [0.15, 0.2) is 0 Å². The van der Waals surface area contributed by atoms with Gasteiger partial charge in [-0.05, 0) is 37.6 Å². The van der Waals surface area contributed by atoms with Gasteiger partial charge in [0.05, 0.1) is 6.61 Å². The van der Waals surface area contributed by atoms with Crippen molar-refractivity contribution in [3.8, 4) is 0 Å². The second-order valence-corrected chi connectivity index (χ2v) is 6.08. The average molecular weight is 270 g/mol. The van der Waals surface area contributed by atoms with E-state index < -0.39 is 5.97 Å². The fourth-order valence-electron chi connectivity index (χ4n) is 3.20. The van der Waals surface area contributed by atoms with Crippen LogP contribution >= 0.6 is 0 Å². The van der Waals surface area contributed by atoms with E-state index in [-0.39, 0.29) is 18.9 Å². The van der Waals surface area contributed by atoms with E-state index in [4.69, 9.17) is 10.2 Å². The number of β-amino-alcohol motifs (C(OH)–C–C–N with tert-alkyl or cyclic N) is 1. The lowest BCUT2D eigenvalue weighted by Gasteiger charge is -2.38. The number of piperidine rings is 1. The zero-order chi connectivity index (χ0) is 13.7. The molecular formula is C14H26N2O3. The van der Waals surface area contributed by atoms with Crippen LogP contribution in [0, 0.1) is 11.8 Å². The van der Waals surface area contributed by atoms with Gasteiger partial charge in [-0.25, -0.2) is 0 Å². The maximum atomic E-state index is 10.9. The molecule has 0 amide bonds. The lowest BCUT2D eigenvalue weighted by Crippen LogP contribution is -2.51. The van der Waals surface area contributed by atoms with Crippen molar-refractivity contribution in [2.24, 2.45) is 11.8 Å². The first-order chi connectivity index (χ1) is 9.17. The molecule has 1 saturated heterocycles. The Balaban J connectivity index is 1.79. The van der Waals surface area contributed by atoms with E-state index >= 15 is 0 Å². The van der Waals surface area contributed by atoms with Gasteiger partial charge in [-0.2, -0.15) is 0 Å². The van der Waals surface area contributed by atoms with Crippen LogP contribution in [-0.2, 0) is 4.79 Å². The van der Waals surface area contributed by atoms with E-state index in [1.807, 2.05) is 0 Å². The van der Waals surface area contributed by atoms with Crippen molar-refractivity contribution >= 4 is 5.97 Å². The van der Waals surface area contributed by atoms with Gasteiger partial charge in [0, 0.05) is 32.1 Å². The minimum atomic E-state index is -0.714. The Morgan fingerprint density at radius 3 is 2.63 bits per heavy atom. The van der Waals surface area contributed by atoms with Crippen molar-refractivity contribution < 1.29 is 15.0 Å². The van der Waals surface area contributed by atoms with Crippen LogP contribution in [0.15, 0.2) is 0 Å². The molecule has 19 heavy (non-hydrogen) atoms. The molecule has 1 saturated carbocycles. The van der Waals surface area contributed by atoms with Crippen molar-refractivity contribution in [1.29, 1.82) is 0 Å². The first-order valence-corrected chi connectivity index (χ1v) is 7.45. The molecular weight excluding hydrogens is 244 g/mol. The van der Waals surface area contributed by atoms with E-state index in [2.05, 4.69) is 10.2 Å². The predicted octanol–water partition coefficient (Wildman–Crippen LogP) is 0.534. The Hall–Kier alpha value is -0.650. The Kier molecular flexibility index (Phi) is 5.60. The number of nitrogens with one attached hydrogen (secondary N) is 1. The molecule has 1 heterocycles. The molecule has 2 unspecified atom stereocenters. The maximum absolute atomic E-state index is 10.9. The average Bonchev–Trinajstić information content (AvgIpc) is 2.26. The van der Waals surface area contributed by atoms with Crippen LogP contribution in [0.5, 0.6) is 0 Å². The summed E-state index contributed by atoms with van der Waals surface area (Å²) in [5.41, 5.74) is 0. The molecule has 1 aliphatic carbocycles. The molecule has 1 aliphatic heterocycles. The number of aliphatic carboxylic acids is 1. The highest BCUT2D eigenvalue weighted by molar-refractivity contribution is 5.67. The topological polar surface area (TPSA) is 72.8 Å². The number of aliphatic hydroxyl groups excluding tert-OH is 1. The van der Waals surface area contributed by atoms with E-state index in [0.717, 1.165) is 32.0 Å². The van der Waals surface area contributed by atoms with E-state index in [1.165, 1.54) is 19.3 Å². The standard InChI is InChI=1S/C14H26N2O3/c17-5-4-16-9-12(7-14(18)19)6-13(10-16)15-8-11-2-1-3-11/h11-13,15,17H,1-10H2,(H,18,19). The van der Waals surface area contributed by atoms with Gasteiger partial charge in [0.2, 0.25) is 0 Å².